The van der Waals surface area contributed by atoms with Gasteiger partial charge in [0.05, 0.1) is 12.2 Å². The number of aliphatic hydroxyl groups is 2. The van der Waals surface area contributed by atoms with E-state index in [1.54, 1.807) is 6.92 Å². The number of carbonyl (C=O) groups excluding carboxylic acids is 1. The van der Waals surface area contributed by atoms with Crippen molar-refractivity contribution in [3.63, 3.8) is 0 Å². The summed E-state index contributed by atoms with van der Waals surface area (Å²) in [6, 6.07) is 0. The predicted molar refractivity (Wildman–Crippen MR) is 51.4 cm³/mol. The zero-order valence-electron chi connectivity index (χ0n) is 8.87. The summed E-state index contributed by atoms with van der Waals surface area (Å²) in [7, 11) is 0. The fourth-order valence-corrected chi connectivity index (χ4v) is 0.997. The third kappa shape index (κ3) is 5.77. The number of ketones is 1. The number of aliphatic hydroxyl groups excluding tert-OH is 2. The fraction of sp³-hybridized carbons (Fsp3) is 0.900. The lowest BCUT2D eigenvalue weighted by molar-refractivity contribution is -0.128. The molecule has 78 valence electrons. The minimum Gasteiger partial charge on any atom is -0.393 e. The molecule has 2 unspecified atom stereocenters. The van der Waals surface area contributed by atoms with E-state index >= 15 is 0 Å². The molecule has 2 atom stereocenters. The highest BCUT2D eigenvalue weighted by molar-refractivity contribution is 5.83. The first-order valence-electron chi connectivity index (χ1n) is 4.63. The van der Waals surface area contributed by atoms with Crippen molar-refractivity contribution in [1.82, 2.24) is 0 Å². The Morgan fingerprint density at radius 3 is 2.08 bits per heavy atom. The molecule has 0 saturated carbocycles. The van der Waals surface area contributed by atoms with E-state index in [2.05, 4.69) is 0 Å². The van der Waals surface area contributed by atoms with Gasteiger partial charge in [-0.05, 0) is 13.3 Å². The SMILES string of the molecule is CC(O)CC(O)CC(=O)C(C)(C)C. The van der Waals surface area contributed by atoms with E-state index in [-0.39, 0.29) is 18.6 Å². The van der Waals surface area contributed by atoms with Crippen LogP contribution in [-0.4, -0.2) is 28.2 Å². The number of hydrogen-bond donors (Lipinski definition) is 2. The molecule has 0 rings (SSSR count). The Labute approximate surface area is 79.8 Å². The Kier molecular flexibility index (Phi) is 4.57. The van der Waals surface area contributed by atoms with Crippen LogP contribution in [0.5, 0.6) is 0 Å². The monoisotopic (exact) mass is 188 g/mol. The molecule has 0 aliphatic heterocycles. The van der Waals surface area contributed by atoms with Gasteiger partial charge in [-0.15, -0.1) is 0 Å². The molecule has 0 aromatic carbocycles. The summed E-state index contributed by atoms with van der Waals surface area (Å²) >= 11 is 0. The largest absolute Gasteiger partial charge is 0.393 e. The molecule has 0 spiro atoms. The van der Waals surface area contributed by atoms with Crippen molar-refractivity contribution in [2.75, 3.05) is 0 Å². The summed E-state index contributed by atoms with van der Waals surface area (Å²) in [5.41, 5.74) is -0.403. The van der Waals surface area contributed by atoms with Crippen molar-refractivity contribution in [3.8, 4) is 0 Å². The zero-order chi connectivity index (χ0) is 10.6. The van der Waals surface area contributed by atoms with Crippen LogP contribution in [0, 0.1) is 5.41 Å². The number of carbonyl (C=O) groups is 1. The zero-order valence-corrected chi connectivity index (χ0v) is 8.87. The summed E-state index contributed by atoms with van der Waals surface area (Å²) in [6.07, 6.45) is -0.870. The van der Waals surface area contributed by atoms with Gasteiger partial charge < -0.3 is 10.2 Å². The quantitative estimate of drug-likeness (QED) is 0.695. The highest BCUT2D eigenvalue weighted by Gasteiger charge is 2.24. The molecule has 13 heavy (non-hydrogen) atoms. The van der Waals surface area contributed by atoms with Gasteiger partial charge in [0, 0.05) is 11.8 Å². The molecular formula is C10H20O3. The second-order valence-electron chi connectivity index (χ2n) is 4.62. The third-order valence-electron chi connectivity index (χ3n) is 1.87. The Morgan fingerprint density at radius 2 is 1.77 bits per heavy atom. The van der Waals surface area contributed by atoms with Gasteiger partial charge in [0.25, 0.3) is 0 Å². The molecule has 0 radical (unpaired) electrons. The van der Waals surface area contributed by atoms with Crippen molar-refractivity contribution in [3.05, 3.63) is 0 Å². The first-order valence-corrected chi connectivity index (χ1v) is 4.63. The molecule has 0 heterocycles. The molecule has 0 aromatic rings. The lowest BCUT2D eigenvalue weighted by Crippen LogP contribution is -2.26. The second-order valence-corrected chi connectivity index (χ2v) is 4.62. The minimum atomic E-state index is -0.716. The molecule has 0 aromatic heterocycles. The van der Waals surface area contributed by atoms with Crippen molar-refractivity contribution < 1.29 is 15.0 Å². The summed E-state index contributed by atoms with van der Waals surface area (Å²) < 4.78 is 0. The molecule has 0 amide bonds. The van der Waals surface area contributed by atoms with Gasteiger partial charge in [-0.25, -0.2) is 0 Å². The minimum absolute atomic E-state index is 0.0284. The summed E-state index contributed by atoms with van der Waals surface area (Å²) in [4.78, 5) is 11.4. The van der Waals surface area contributed by atoms with E-state index in [4.69, 9.17) is 5.11 Å². The van der Waals surface area contributed by atoms with E-state index in [9.17, 15) is 9.90 Å². The topological polar surface area (TPSA) is 57.5 Å². The number of rotatable bonds is 4. The smallest absolute Gasteiger partial charge is 0.140 e. The van der Waals surface area contributed by atoms with Crippen LogP contribution in [0.2, 0.25) is 0 Å². The van der Waals surface area contributed by atoms with Gasteiger partial charge in [-0.2, -0.15) is 0 Å². The van der Waals surface area contributed by atoms with Crippen molar-refractivity contribution in [1.29, 1.82) is 0 Å². The van der Waals surface area contributed by atoms with E-state index in [1.165, 1.54) is 0 Å². The molecule has 0 aliphatic rings. The maximum atomic E-state index is 11.4. The molecule has 2 N–H and O–H groups in total. The van der Waals surface area contributed by atoms with Gasteiger partial charge in [0.1, 0.15) is 5.78 Å². The predicted octanol–water partition coefficient (Wildman–Crippen LogP) is 1.12. The Balaban J connectivity index is 3.93. The molecule has 3 heteroatoms. The van der Waals surface area contributed by atoms with E-state index in [0.29, 0.717) is 0 Å². The van der Waals surface area contributed by atoms with E-state index in [0.717, 1.165) is 0 Å². The maximum absolute atomic E-state index is 11.4. The van der Waals surface area contributed by atoms with Crippen LogP contribution in [0.15, 0.2) is 0 Å². The lowest BCUT2D eigenvalue weighted by atomic mass is 9.87. The van der Waals surface area contributed by atoms with Crippen LogP contribution in [0.3, 0.4) is 0 Å². The first kappa shape index (κ1) is 12.6. The summed E-state index contributed by atoms with van der Waals surface area (Å²) in [5.74, 6) is 0.0284. The first-order chi connectivity index (χ1) is 5.73. The lowest BCUT2D eigenvalue weighted by Gasteiger charge is -2.19. The van der Waals surface area contributed by atoms with Gasteiger partial charge in [0.2, 0.25) is 0 Å². The fourth-order valence-electron chi connectivity index (χ4n) is 0.997. The van der Waals surface area contributed by atoms with Crippen molar-refractivity contribution in [2.45, 2.75) is 52.7 Å². The molecule has 0 fully saturated rings. The molecule has 0 bridgehead atoms. The molecular weight excluding hydrogens is 168 g/mol. The number of hydrogen-bond acceptors (Lipinski definition) is 3. The average molecular weight is 188 g/mol. The van der Waals surface area contributed by atoms with Crippen LogP contribution < -0.4 is 0 Å². The average Bonchev–Trinajstić information content (AvgIpc) is 1.82. The molecule has 3 nitrogen and oxygen atoms in total. The molecule has 0 saturated heterocycles. The highest BCUT2D eigenvalue weighted by atomic mass is 16.3. The summed E-state index contributed by atoms with van der Waals surface area (Å²) in [6.45, 7) is 7.07. The van der Waals surface area contributed by atoms with Crippen LogP contribution in [0.25, 0.3) is 0 Å². The maximum Gasteiger partial charge on any atom is 0.140 e. The Hall–Kier alpha value is -0.410. The highest BCUT2D eigenvalue weighted by Crippen LogP contribution is 2.18. The Bertz CT molecular complexity index is 167. The van der Waals surface area contributed by atoms with Gasteiger partial charge in [0.15, 0.2) is 0 Å². The van der Waals surface area contributed by atoms with E-state index in [1.807, 2.05) is 20.8 Å². The van der Waals surface area contributed by atoms with Crippen LogP contribution in [-0.2, 0) is 4.79 Å². The van der Waals surface area contributed by atoms with Crippen molar-refractivity contribution >= 4 is 5.78 Å². The van der Waals surface area contributed by atoms with Gasteiger partial charge in [-0.1, -0.05) is 20.8 Å². The molecule has 0 aliphatic carbocycles. The van der Waals surface area contributed by atoms with Crippen LogP contribution in [0.4, 0.5) is 0 Å². The summed E-state index contributed by atoms with van der Waals surface area (Å²) in [5, 5.41) is 18.3. The Morgan fingerprint density at radius 1 is 1.31 bits per heavy atom. The normalized spacial score (nSPS) is 16.8. The van der Waals surface area contributed by atoms with Crippen LogP contribution in [0.1, 0.15) is 40.5 Å². The van der Waals surface area contributed by atoms with E-state index < -0.39 is 17.6 Å². The standard InChI is InChI=1S/C10H20O3/c1-7(11)5-8(12)6-9(13)10(2,3)4/h7-8,11-12H,5-6H2,1-4H3. The third-order valence-corrected chi connectivity index (χ3v) is 1.87. The second kappa shape index (κ2) is 4.72. The number of Topliss-reactive ketones (excluding diaryl/α,β-unsaturated/α-hetero) is 1. The van der Waals surface area contributed by atoms with Gasteiger partial charge in [-0.3, -0.25) is 4.79 Å². The van der Waals surface area contributed by atoms with Gasteiger partial charge >= 0.3 is 0 Å². The van der Waals surface area contributed by atoms with Crippen LogP contribution >= 0.6 is 0 Å². The van der Waals surface area contributed by atoms with Crippen molar-refractivity contribution in [2.24, 2.45) is 5.41 Å².